The lowest BCUT2D eigenvalue weighted by Crippen LogP contribution is -2.27. The average molecular weight is 251 g/mol. The largest absolute Gasteiger partial charge is 0.508 e. The van der Waals surface area contributed by atoms with Gasteiger partial charge in [-0.25, -0.2) is 4.79 Å². The third kappa shape index (κ3) is 4.45. The van der Waals surface area contributed by atoms with Gasteiger partial charge in [-0.2, -0.15) is 0 Å². The molecule has 0 fully saturated rings. The Morgan fingerprint density at radius 2 is 2.11 bits per heavy atom. The lowest BCUT2D eigenvalue weighted by atomic mass is 10.1. The molecule has 5 nitrogen and oxygen atoms in total. The summed E-state index contributed by atoms with van der Waals surface area (Å²) in [6.07, 6.45) is 0.249. The SMILES string of the molecule is CC(C)(C)OC(=O)Nc1ccc(CC=O)c(O)c1. The summed E-state index contributed by atoms with van der Waals surface area (Å²) in [4.78, 5) is 21.8. The number of nitrogens with one attached hydrogen (secondary N) is 1. The first-order valence-electron chi connectivity index (χ1n) is 5.57. The summed E-state index contributed by atoms with van der Waals surface area (Å²) >= 11 is 0. The molecule has 0 aromatic heterocycles. The fourth-order valence-electron chi connectivity index (χ4n) is 1.33. The molecule has 0 aliphatic rings. The fraction of sp³-hybridized carbons (Fsp3) is 0.385. The van der Waals surface area contributed by atoms with Gasteiger partial charge in [0.2, 0.25) is 0 Å². The van der Waals surface area contributed by atoms with Gasteiger partial charge in [-0.15, -0.1) is 0 Å². The number of aldehydes is 1. The van der Waals surface area contributed by atoms with Crippen LogP contribution in [0.3, 0.4) is 0 Å². The number of ether oxygens (including phenoxy) is 1. The van der Waals surface area contributed by atoms with Crippen molar-refractivity contribution >= 4 is 18.1 Å². The normalized spacial score (nSPS) is 10.8. The Balaban J connectivity index is 2.71. The van der Waals surface area contributed by atoms with Crippen LogP contribution >= 0.6 is 0 Å². The number of benzene rings is 1. The van der Waals surface area contributed by atoms with Crippen molar-refractivity contribution in [2.24, 2.45) is 0 Å². The van der Waals surface area contributed by atoms with Crippen molar-refractivity contribution in [1.82, 2.24) is 0 Å². The van der Waals surface area contributed by atoms with Gasteiger partial charge in [0.05, 0.1) is 0 Å². The van der Waals surface area contributed by atoms with Crippen LogP contribution in [0.15, 0.2) is 18.2 Å². The molecule has 5 heteroatoms. The van der Waals surface area contributed by atoms with Crippen LogP contribution in [0.25, 0.3) is 0 Å². The highest BCUT2D eigenvalue weighted by atomic mass is 16.6. The molecule has 18 heavy (non-hydrogen) atoms. The third-order valence-corrected chi connectivity index (χ3v) is 2.03. The van der Waals surface area contributed by atoms with Crippen LogP contribution < -0.4 is 5.32 Å². The summed E-state index contributed by atoms with van der Waals surface area (Å²) in [7, 11) is 0. The van der Waals surface area contributed by atoms with Gasteiger partial charge in [0.15, 0.2) is 0 Å². The number of hydrogen-bond acceptors (Lipinski definition) is 4. The molecule has 2 N–H and O–H groups in total. The van der Waals surface area contributed by atoms with Gasteiger partial charge in [-0.3, -0.25) is 5.32 Å². The number of carbonyl (C=O) groups is 2. The van der Waals surface area contributed by atoms with Crippen molar-refractivity contribution < 1.29 is 19.4 Å². The first kappa shape index (κ1) is 14.0. The molecule has 0 saturated heterocycles. The molecular formula is C13H17NO4. The van der Waals surface area contributed by atoms with Crippen molar-refractivity contribution in [3.8, 4) is 5.75 Å². The number of carbonyl (C=O) groups excluding carboxylic acids is 2. The molecule has 0 bridgehead atoms. The van der Waals surface area contributed by atoms with E-state index in [1.807, 2.05) is 0 Å². The molecule has 1 amide bonds. The van der Waals surface area contributed by atoms with Crippen molar-refractivity contribution in [2.75, 3.05) is 5.32 Å². The fourth-order valence-corrected chi connectivity index (χ4v) is 1.33. The number of rotatable bonds is 3. The highest BCUT2D eigenvalue weighted by Gasteiger charge is 2.16. The molecule has 0 heterocycles. The Morgan fingerprint density at radius 3 is 2.61 bits per heavy atom. The molecule has 0 saturated carbocycles. The van der Waals surface area contributed by atoms with Crippen LogP contribution in [0.5, 0.6) is 5.75 Å². The Hall–Kier alpha value is -2.04. The van der Waals surface area contributed by atoms with Crippen LogP contribution in [0.2, 0.25) is 0 Å². The van der Waals surface area contributed by atoms with E-state index in [9.17, 15) is 14.7 Å². The van der Waals surface area contributed by atoms with Crippen molar-refractivity contribution in [3.63, 3.8) is 0 Å². The summed E-state index contributed by atoms with van der Waals surface area (Å²) in [5, 5.41) is 12.1. The van der Waals surface area contributed by atoms with Gasteiger partial charge in [-0.1, -0.05) is 6.07 Å². The topological polar surface area (TPSA) is 75.6 Å². The summed E-state index contributed by atoms with van der Waals surface area (Å²) in [5.74, 6) is -0.0318. The molecule has 1 aromatic carbocycles. The van der Waals surface area contributed by atoms with Crippen molar-refractivity contribution in [3.05, 3.63) is 23.8 Å². The van der Waals surface area contributed by atoms with Crippen LogP contribution in [0, 0.1) is 0 Å². The van der Waals surface area contributed by atoms with Crippen LogP contribution in [0.1, 0.15) is 26.3 Å². The predicted molar refractivity (Wildman–Crippen MR) is 67.7 cm³/mol. The molecular weight excluding hydrogens is 234 g/mol. The van der Waals surface area contributed by atoms with Gasteiger partial charge in [0.25, 0.3) is 0 Å². The number of amides is 1. The minimum absolute atomic E-state index is 0.0318. The summed E-state index contributed by atoms with van der Waals surface area (Å²) in [6.45, 7) is 5.28. The monoisotopic (exact) mass is 251 g/mol. The van der Waals surface area contributed by atoms with Crippen molar-refractivity contribution in [2.45, 2.75) is 32.8 Å². The molecule has 98 valence electrons. The van der Waals surface area contributed by atoms with E-state index in [-0.39, 0.29) is 12.2 Å². The number of hydrogen-bond donors (Lipinski definition) is 2. The molecule has 0 radical (unpaired) electrons. The van der Waals surface area contributed by atoms with E-state index < -0.39 is 11.7 Å². The van der Waals surface area contributed by atoms with Crippen LogP contribution in [-0.2, 0) is 16.0 Å². The number of anilines is 1. The van der Waals surface area contributed by atoms with E-state index in [1.165, 1.54) is 6.07 Å². The van der Waals surface area contributed by atoms with Crippen molar-refractivity contribution in [1.29, 1.82) is 0 Å². The zero-order chi connectivity index (χ0) is 13.8. The molecule has 0 aliphatic carbocycles. The van der Waals surface area contributed by atoms with E-state index in [0.29, 0.717) is 17.5 Å². The Morgan fingerprint density at radius 1 is 1.44 bits per heavy atom. The quantitative estimate of drug-likeness (QED) is 0.809. The molecule has 0 atom stereocenters. The first-order chi connectivity index (χ1) is 8.31. The zero-order valence-electron chi connectivity index (χ0n) is 10.7. The minimum Gasteiger partial charge on any atom is -0.508 e. The number of aromatic hydroxyl groups is 1. The van der Waals surface area contributed by atoms with E-state index in [2.05, 4.69) is 5.32 Å². The Bertz CT molecular complexity index is 449. The van der Waals surface area contributed by atoms with E-state index in [0.717, 1.165) is 0 Å². The molecule has 1 rings (SSSR count). The van der Waals surface area contributed by atoms with E-state index >= 15 is 0 Å². The summed E-state index contributed by atoms with van der Waals surface area (Å²) in [5.41, 5.74) is 0.347. The second kappa shape index (κ2) is 5.53. The predicted octanol–water partition coefficient (Wildman–Crippen LogP) is 2.48. The second-order valence-corrected chi connectivity index (χ2v) is 4.84. The maximum atomic E-state index is 11.5. The smallest absolute Gasteiger partial charge is 0.412 e. The summed E-state index contributed by atoms with van der Waals surface area (Å²) in [6, 6.07) is 4.56. The maximum absolute atomic E-state index is 11.5. The van der Waals surface area contributed by atoms with Gasteiger partial charge < -0.3 is 14.6 Å². The highest BCUT2D eigenvalue weighted by Crippen LogP contribution is 2.22. The highest BCUT2D eigenvalue weighted by molar-refractivity contribution is 5.85. The molecule has 0 unspecified atom stereocenters. The molecule has 0 aliphatic heterocycles. The van der Waals surface area contributed by atoms with Crippen LogP contribution in [-0.4, -0.2) is 23.1 Å². The Labute approximate surface area is 106 Å². The van der Waals surface area contributed by atoms with Crippen LogP contribution in [0.4, 0.5) is 10.5 Å². The molecule has 0 spiro atoms. The minimum atomic E-state index is -0.593. The lowest BCUT2D eigenvalue weighted by molar-refractivity contribution is -0.107. The third-order valence-electron chi connectivity index (χ3n) is 2.03. The van der Waals surface area contributed by atoms with Gasteiger partial charge in [0.1, 0.15) is 17.6 Å². The number of phenolic OH excluding ortho intramolecular Hbond substituents is 1. The second-order valence-electron chi connectivity index (χ2n) is 4.84. The zero-order valence-corrected chi connectivity index (χ0v) is 10.7. The van der Waals surface area contributed by atoms with Gasteiger partial charge in [0, 0.05) is 23.7 Å². The standard InChI is InChI=1S/C13H17NO4/c1-13(2,3)18-12(17)14-10-5-4-9(6-7-15)11(16)8-10/h4-5,7-8,16H,6H2,1-3H3,(H,14,17). The van der Waals surface area contributed by atoms with E-state index in [4.69, 9.17) is 4.74 Å². The van der Waals surface area contributed by atoms with E-state index in [1.54, 1.807) is 32.9 Å². The van der Waals surface area contributed by atoms with Gasteiger partial charge >= 0.3 is 6.09 Å². The summed E-state index contributed by atoms with van der Waals surface area (Å²) < 4.78 is 5.07. The van der Waals surface area contributed by atoms with Gasteiger partial charge in [-0.05, 0) is 26.8 Å². The number of phenols is 1. The lowest BCUT2D eigenvalue weighted by Gasteiger charge is -2.19. The first-order valence-corrected chi connectivity index (χ1v) is 5.57. The Kier molecular flexibility index (Phi) is 4.31. The molecule has 1 aromatic rings. The maximum Gasteiger partial charge on any atom is 0.412 e. The average Bonchev–Trinajstić information content (AvgIpc) is 2.19.